The molecule has 2 aliphatic rings. The molecule has 0 aromatic carbocycles. The van der Waals surface area contributed by atoms with Gasteiger partial charge in [-0.1, -0.05) is 0 Å². The summed E-state index contributed by atoms with van der Waals surface area (Å²) in [6.07, 6.45) is -1.61. The minimum atomic E-state index is -2.77. The van der Waals surface area contributed by atoms with Crippen LogP contribution in [0.3, 0.4) is 0 Å². The number of fused-ring (bicyclic) bond motifs is 5. The second-order valence-corrected chi connectivity index (χ2v) is 6.75. The lowest BCUT2D eigenvalue weighted by Crippen LogP contribution is -2.33. The lowest BCUT2D eigenvalue weighted by atomic mass is 9.98. The van der Waals surface area contributed by atoms with Gasteiger partial charge in [0.1, 0.15) is 17.2 Å². The van der Waals surface area contributed by atoms with E-state index in [2.05, 4.69) is 20.4 Å². The van der Waals surface area contributed by atoms with Gasteiger partial charge in [-0.05, 0) is 50.2 Å². The molecule has 0 aliphatic carbocycles. The van der Waals surface area contributed by atoms with Gasteiger partial charge in [-0.25, -0.2) is 13.9 Å². The summed E-state index contributed by atoms with van der Waals surface area (Å²) < 4.78 is 67.5. The van der Waals surface area contributed by atoms with Gasteiger partial charge in [0.05, 0.1) is 18.4 Å². The number of amides is 1. The van der Waals surface area contributed by atoms with Gasteiger partial charge in [0.15, 0.2) is 5.65 Å². The number of carbonyl (C=O) groups is 1. The van der Waals surface area contributed by atoms with Crippen LogP contribution in [0, 0.1) is 5.82 Å². The normalized spacial score (nSPS) is 30.8. The maximum absolute atomic E-state index is 14.4. The minimum absolute atomic E-state index is 0.0299. The number of nitrogens with one attached hydrogen (secondary N) is 1. The average Bonchev–Trinajstić information content (AvgIpc) is 3.32. The SMILES string of the molecule is [2H]C1([2H])CC[C@H]2c3cc(F)cnc3C([2H])([2H])C([2H])([2H])[C@@H](C)NC(=O)c3cnn4ccc(nc34)N21. The third-order valence-electron chi connectivity index (χ3n) is 4.85. The quantitative estimate of drug-likeness (QED) is 0.643. The average molecular weight is 386 g/mol. The summed E-state index contributed by atoms with van der Waals surface area (Å²) in [5.74, 6) is -1.31. The molecule has 5 heterocycles. The molecular weight excluding hydrogens is 359 g/mol. The molecule has 1 N–H and O–H groups in total. The molecule has 0 saturated carbocycles. The first-order chi connectivity index (χ1) is 15.8. The summed E-state index contributed by atoms with van der Waals surface area (Å²) in [5, 5.41) is 6.59. The van der Waals surface area contributed by atoms with Gasteiger partial charge >= 0.3 is 0 Å². The fourth-order valence-electron chi connectivity index (χ4n) is 3.55. The van der Waals surface area contributed by atoms with Gasteiger partial charge in [0.2, 0.25) is 0 Å². The minimum Gasteiger partial charge on any atom is -0.349 e. The van der Waals surface area contributed by atoms with Crippen molar-refractivity contribution in [3.63, 3.8) is 0 Å². The van der Waals surface area contributed by atoms with E-state index in [1.165, 1.54) is 34.8 Å². The number of aromatic nitrogens is 4. The Bertz CT molecular complexity index is 1310. The maximum Gasteiger partial charge on any atom is 0.256 e. The molecule has 1 fully saturated rings. The molecule has 144 valence electrons. The fraction of sp³-hybridized carbons (Fsp3) is 0.400. The van der Waals surface area contributed by atoms with Gasteiger partial charge < -0.3 is 10.2 Å². The lowest BCUT2D eigenvalue weighted by Gasteiger charge is -2.27. The number of halogens is 1. The lowest BCUT2D eigenvalue weighted by molar-refractivity contribution is 0.0940. The van der Waals surface area contributed by atoms with Crippen LogP contribution in [0.5, 0.6) is 0 Å². The van der Waals surface area contributed by atoms with Crippen LogP contribution in [0.25, 0.3) is 5.65 Å². The largest absolute Gasteiger partial charge is 0.349 e. The van der Waals surface area contributed by atoms with Crippen molar-refractivity contribution in [3.8, 4) is 0 Å². The summed E-state index contributed by atoms with van der Waals surface area (Å²) in [5.41, 5.74) is -0.161. The van der Waals surface area contributed by atoms with E-state index in [1.54, 1.807) is 0 Å². The third kappa shape index (κ3) is 2.80. The topological polar surface area (TPSA) is 75.4 Å². The standard InChI is InChI=1S/C20H21FN6O/c1-12-4-5-16-14(9-13(21)10-22-16)17-3-2-7-26(17)18-6-8-27-19(25-18)15(11-23-27)20(28)24-12/h6,8-12,17H,2-5,7H2,1H3,(H,24,28)/t12-,17+/m1/s1/i4D2,5D2,7D2. The van der Waals surface area contributed by atoms with Crippen molar-refractivity contribution in [3.05, 3.63) is 53.4 Å². The number of rotatable bonds is 0. The molecule has 0 spiro atoms. The van der Waals surface area contributed by atoms with Crippen molar-refractivity contribution in [1.29, 1.82) is 0 Å². The highest BCUT2D eigenvalue weighted by atomic mass is 19.1. The first-order valence-corrected chi connectivity index (χ1v) is 8.95. The Morgan fingerprint density at radius 1 is 1.39 bits per heavy atom. The summed E-state index contributed by atoms with van der Waals surface area (Å²) in [6.45, 7) is -0.592. The Balaban J connectivity index is 1.83. The van der Waals surface area contributed by atoms with E-state index in [-0.39, 0.29) is 41.1 Å². The molecule has 0 radical (unpaired) electrons. The van der Waals surface area contributed by atoms with Gasteiger partial charge in [0, 0.05) is 32.7 Å². The molecule has 7 nitrogen and oxygen atoms in total. The Morgan fingerprint density at radius 3 is 3.18 bits per heavy atom. The molecule has 1 saturated heterocycles. The third-order valence-corrected chi connectivity index (χ3v) is 4.85. The summed E-state index contributed by atoms with van der Waals surface area (Å²) in [6, 6.07) is 0.390. The van der Waals surface area contributed by atoms with Crippen LogP contribution in [0.15, 0.2) is 30.7 Å². The van der Waals surface area contributed by atoms with E-state index in [4.69, 9.17) is 8.22 Å². The molecule has 28 heavy (non-hydrogen) atoms. The van der Waals surface area contributed by atoms with Gasteiger partial charge in [-0.2, -0.15) is 5.10 Å². The molecule has 1 amide bonds. The zero-order valence-electron chi connectivity index (χ0n) is 21.0. The smallest absolute Gasteiger partial charge is 0.256 e. The highest BCUT2D eigenvalue weighted by molar-refractivity contribution is 5.99. The van der Waals surface area contributed by atoms with Crippen molar-refractivity contribution >= 4 is 17.4 Å². The molecular formula is C20H21FN6O. The highest BCUT2D eigenvalue weighted by Gasteiger charge is 2.31. The maximum atomic E-state index is 14.4. The van der Waals surface area contributed by atoms with Crippen molar-refractivity contribution < 1.29 is 17.4 Å². The second-order valence-electron chi connectivity index (χ2n) is 6.75. The van der Waals surface area contributed by atoms with Crippen LogP contribution in [0.2, 0.25) is 0 Å². The molecule has 2 atom stereocenters. The van der Waals surface area contributed by atoms with E-state index in [9.17, 15) is 9.18 Å². The van der Waals surface area contributed by atoms with Crippen molar-refractivity contribution in [2.24, 2.45) is 0 Å². The van der Waals surface area contributed by atoms with Crippen molar-refractivity contribution in [2.75, 3.05) is 11.4 Å². The summed E-state index contributed by atoms with van der Waals surface area (Å²) >= 11 is 0. The van der Waals surface area contributed by atoms with E-state index in [1.807, 2.05) is 0 Å². The molecule has 2 aliphatic heterocycles. The summed E-state index contributed by atoms with van der Waals surface area (Å²) in [7, 11) is 0. The number of hydrogen-bond donors (Lipinski definition) is 1. The van der Waals surface area contributed by atoms with E-state index in [0.29, 0.717) is 0 Å². The monoisotopic (exact) mass is 386 g/mol. The van der Waals surface area contributed by atoms with Crippen LogP contribution in [-0.2, 0) is 6.37 Å². The zero-order valence-corrected chi connectivity index (χ0v) is 15.0. The Hall–Kier alpha value is -3.03. The number of pyridine rings is 1. The van der Waals surface area contributed by atoms with Gasteiger partial charge in [0.25, 0.3) is 5.91 Å². The Kier molecular flexibility index (Phi) is 2.74. The first kappa shape index (κ1) is 11.7. The van der Waals surface area contributed by atoms with Crippen LogP contribution < -0.4 is 10.2 Å². The van der Waals surface area contributed by atoms with Gasteiger partial charge in [-0.15, -0.1) is 0 Å². The second kappa shape index (κ2) is 6.54. The highest BCUT2D eigenvalue weighted by Crippen LogP contribution is 2.37. The Morgan fingerprint density at radius 2 is 2.29 bits per heavy atom. The van der Waals surface area contributed by atoms with Crippen LogP contribution in [0.4, 0.5) is 10.2 Å². The van der Waals surface area contributed by atoms with Crippen LogP contribution >= 0.6 is 0 Å². The van der Waals surface area contributed by atoms with Gasteiger partial charge in [-0.3, -0.25) is 9.78 Å². The molecule has 3 aromatic rings. The number of aryl methyl sites for hydroxylation is 1. The van der Waals surface area contributed by atoms with Crippen molar-refractivity contribution in [1.82, 2.24) is 24.9 Å². The van der Waals surface area contributed by atoms with E-state index in [0.717, 1.165) is 12.3 Å². The van der Waals surface area contributed by atoms with Crippen molar-refractivity contribution in [2.45, 2.75) is 44.6 Å². The zero-order chi connectivity index (χ0) is 24.6. The predicted octanol–water partition coefficient (Wildman–Crippen LogP) is 2.67. The molecule has 2 bridgehead atoms. The number of anilines is 1. The summed E-state index contributed by atoms with van der Waals surface area (Å²) in [4.78, 5) is 22.8. The Labute approximate surface area is 170 Å². The molecule has 0 unspecified atom stereocenters. The number of nitrogens with zero attached hydrogens (tertiary/aromatic N) is 5. The van der Waals surface area contributed by atoms with Crippen LogP contribution in [0.1, 0.15) is 62.0 Å². The predicted molar refractivity (Wildman–Crippen MR) is 102 cm³/mol. The molecule has 5 rings (SSSR count). The molecule has 3 aromatic heterocycles. The molecule has 8 heteroatoms. The first-order valence-electron chi connectivity index (χ1n) is 11.9. The van der Waals surface area contributed by atoms with Crippen LogP contribution in [-0.4, -0.2) is 38.0 Å². The number of hydrogen-bond acceptors (Lipinski definition) is 5. The number of carbonyl (C=O) groups excluding carboxylic acids is 1. The fourth-order valence-corrected chi connectivity index (χ4v) is 3.55. The van der Waals surface area contributed by atoms with E-state index < -0.39 is 43.1 Å². The van der Waals surface area contributed by atoms with E-state index >= 15 is 0 Å².